The normalized spacial score (nSPS) is 33.5. The van der Waals surface area contributed by atoms with Crippen molar-refractivity contribution in [1.29, 1.82) is 0 Å². The number of piperidine rings is 1. The van der Waals surface area contributed by atoms with Gasteiger partial charge in [-0.05, 0) is 61.8 Å². The van der Waals surface area contributed by atoms with E-state index in [-0.39, 0.29) is 35.0 Å². The Labute approximate surface area is 148 Å². The first-order valence-electron chi connectivity index (χ1n) is 9.69. The average Bonchev–Trinajstić information content (AvgIpc) is 3.50. The van der Waals surface area contributed by atoms with Crippen LogP contribution in [0.2, 0.25) is 0 Å². The molecular formula is C21H25NO3. The first-order valence-corrected chi connectivity index (χ1v) is 9.69. The van der Waals surface area contributed by atoms with Gasteiger partial charge in [-0.15, -0.1) is 0 Å². The second-order valence-corrected chi connectivity index (χ2v) is 8.28. The van der Waals surface area contributed by atoms with Gasteiger partial charge < -0.3 is 9.64 Å². The van der Waals surface area contributed by atoms with Gasteiger partial charge in [0, 0.05) is 23.4 Å². The van der Waals surface area contributed by atoms with Crippen LogP contribution in [0.5, 0.6) is 5.75 Å². The SMILES string of the molecule is COc1ccc2c(c1)C13CCCCC1C(C2=O)N(C(=O)C1CC1)CC3. The molecule has 25 heavy (non-hydrogen) atoms. The Balaban J connectivity index is 1.65. The third-order valence-electron chi connectivity index (χ3n) is 7.12. The lowest BCUT2D eigenvalue weighted by molar-refractivity contribution is -0.139. The Hall–Kier alpha value is -1.84. The lowest BCUT2D eigenvalue weighted by Gasteiger charge is -2.58. The third-order valence-corrected chi connectivity index (χ3v) is 7.12. The molecule has 0 spiro atoms. The smallest absolute Gasteiger partial charge is 0.226 e. The van der Waals surface area contributed by atoms with Gasteiger partial charge in [0.1, 0.15) is 5.75 Å². The van der Waals surface area contributed by atoms with Crippen LogP contribution in [0.25, 0.3) is 0 Å². The molecule has 4 aliphatic rings. The maximum Gasteiger partial charge on any atom is 0.226 e. The number of rotatable bonds is 2. The molecule has 132 valence electrons. The highest BCUT2D eigenvalue weighted by molar-refractivity contribution is 6.05. The number of ketones is 1. The average molecular weight is 339 g/mol. The van der Waals surface area contributed by atoms with E-state index in [9.17, 15) is 9.59 Å². The van der Waals surface area contributed by atoms with E-state index in [1.807, 2.05) is 17.0 Å². The molecule has 0 aromatic heterocycles. The van der Waals surface area contributed by atoms with Gasteiger partial charge in [-0.25, -0.2) is 0 Å². The van der Waals surface area contributed by atoms with Crippen LogP contribution in [0.15, 0.2) is 18.2 Å². The quantitative estimate of drug-likeness (QED) is 0.830. The van der Waals surface area contributed by atoms with Crippen molar-refractivity contribution in [2.24, 2.45) is 11.8 Å². The van der Waals surface area contributed by atoms with Gasteiger partial charge in [0.2, 0.25) is 5.91 Å². The van der Waals surface area contributed by atoms with Crippen LogP contribution in [0.3, 0.4) is 0 Å². The van der Waals surface area contributed by atoms with E-state index in [0.717, 1.165) is 50.0 Å². The van der Waals surface area contributed by atoms with Crippen molar-refractivity contribution in [3.63, 3.8) is 0 Å². The molecule has 1 aromatic rings. The monoisotopic (exact) mass is 339 g/mol. The number of hydrogen-bond donors (Lipinski definition) is 0. The highest BCUT2D eigenvalue weighted by Gasteiger charge is 2.58. The molecule has 2 bridgehead atoms. The number of ether oxygens (including phenoxy) is 1. The van der Waals surface area contributed by atoms with Crippen molar-refractivity contribution in [3.05, 3.63) is 29.3 Å². The van der Waals surface area contributed by atoms with Gasteiger partial charge in [0.05, 0.1) is 13.2 Å². The minimum Gasteiger partial charge on any atom is -0.497 e. The van der Waals surface area contributed by atoms with Crippen LogP contribution < -0.4 is 4.74 Å². The van der Waals surface area contributed by atoms with Gasteiger partial charge >= 0.3 is 0 Å². The van der Waals surface area contributed by atoms with E-state index < -0.39 is 0 Å². The van der Waals surface area contributed by atoms with Crippen molar-refractivity contribution >= 4 is 11.7 Å². The number of carbonyl (C=O) groups excluding carboxylic acids is 2. The van der Waals surface area contributed by atoms with E-state index in [1.54, 1.807) is 7.11 Å². The first kappa shape index (κ1) is 15.4. The van der Waals surface area contributed by atoms with Crippen LogP contribution in [-0.4, -0.2) is 36.3 Å². The lowest BCUT2D eigenvalue weighted by Crippen LogP contribution is -2.64. The molecule has 4 nitrogen and oxygen atoms in total. The molecule has 5 rings (SSSR count). The molecule has 4 heteroatoms. The van der Waals surface area contributed by atoms with Gasteiger partial charge in [-0.2, -0.15) is 0 Å². The van der Waals surface area contributed by atoms with Crippen molar-refractivity contribution in [1.82, 2.24) is 4.90 Å². The number of carbonyl (C=O) groups is 2. The summed E-state index contributed by atoms with van der Waals surface area (Å²) in [5.41, 5.74) is 2.08. The first-order chi connectivity index (χ1) is 12.2. The fourth-order valence-electron chi connectivity index (χ4n) is 5.75. The zero-order valence-corrected chi connectivity index (χ0v) is 14.8. The molecule has 1 saturated heterocycles. The molecule has 3 fully saturated rings. The summed E-state index contributed by atoms with van der Waals surface area (Å²) in [4.78, 5) is 28.2. The Morgan fingerprint density at radius 1 is 1.20 bits per heavy atom. The van der Waals surface area contributed by atoms with Crippen molar-refractivity contribution in [2.45, 2.75) is 56.4 Å². The van der Waals surface area contributed by atoms with Crippen LogP contribution in [-0.2, 0) is 10.2 Å². The summed E-state index contributed by atoms with van der Waals surface area (Å²) in [6.45, 7) is 0.735. The number of Topliss-reactive ketones (excluding diaryl/α,β-unsaturated/α-hetero) is 1. The number of hydrogen-bond acceptors (Lipinski definition) is 3. The zero-order chi connectivity index (χ0) is 17.2. The third kappa shape index (κ3) is 2.06. The van der Waals surface area contributed by atoms with Crippen LogP contribution in [0, 0.1) is 11.8 Å². The summed E-state index contributed by atoms with van der Waals surface area (Å²) in [6.07, 6.45) is 7.56. The van der Waals surface area contributed by atoms with Crippen LogP contribution in [0.4, 0.5) is 0 Å². The molecule has 3 atom stereocenters. The lowest BCUT2D eigenvalue weighted by atomic mass is 9.52. The predicted octanol–water partition coefficient (Wildman–Crippen LogP) is 3.33. The molecule has 1 aliphatic heterocycles. The van der Waals surface area contributed by atoms with E-state index in [4.69, 9.17) is 4.74 Å². The number of likely N-dealkylation sites (tertiary alicyclic amines) is 1. The number of benzene rings is 1. The molecule has 0 N–H and O–H groups in total. The predicted molar refractivity (Wildman–Crippen MR) is 93.8 cm³/mol. The van der Waals surface area contributed by atoms with E-state index in [0.29, 0.717) is 0 Å². The minimum absolute atomic E-state index is 0.0566. The van der Waals surface area contributed by atoms with Gasteiger partial charge in [0.25, 0.3) is 0 Å². The largest absolute Gasteiger partial charge is 0.497 e. The maximum absolute atomic E-state index is 13.4. The zero-order valence-electron chi connectivity index (χ0n) is 14.8. The number of methoxy groups -OCH3 is 1. The second kappa shape index (κ2) is 5.33. The number of fused-ring (bicyclic) bond motifs is 1. The molecule has 0 radical (unpaired) electrons. The molecule has 2 saturated carbocycles. The van der Waals surface area contributed by atoms with Crippen LogP contribution >= 0.6 is 0 Å². The molecule has 1 aromatic carbocycles. The summed E-state index contributed by atoms with van der Waals surface area (Å²) in [5, 5.41) is 0. The van der Waals surface area contributed by atoms with Crippen molar-refractivity contribution in [2.75, 3.05) is 13.7 Å². The van der Waals surface area contributed by atoms with Gasteiger partial charge in [0.15, 0.2) is 5.78 Å². The topological polar surface area (TPSA) is 46.6 Å². The van der Waals surface area contributed by atoms with E-state index >= 15 is 0 Å². The Bertz CT molecular complexity index is 754. The minimum atomic E-state index is -0.233. The van der Waals surface area contributed by atoms with E-state index in [2.05, 4.69) is 6.07 Å². The fraction of sp³-hybridized carbons (Fsp3) is 0.619. The maximum atomic E-state index is 13.4. The number of amides is 1. The van der Waals surface area contributed by atoms with Crippen LogP contribution in [0.1, 0.15) is 60.9 Å². The Kier molecular flexibility index (Phi) is 3.28. The highest BCUT2D eigenvalue weighted by atomic mass is 16.5. The highest BCUT2D eigenvalue weighted by Crippen LogP contribution is 2.56. The fourth-order valence-corrected chi connectivity index (χ4v) is 5.75. The van der Waals surface area contributed by atoms with Crippen molar-refractivity contribution < 1.29 is 14.3 Å². The second-order valence-electron chi connectivity index (χ2n) is 8.28. The summed E-state index contributed by atoms with van der Waals surface area (Å²) >= 11 is 0. The summed E-state index contributed by atoms with van der Waals surface area (Å²) < 4.78 is 5.45. The Morgan fingerprint density at radius 3 is 2.80 bits per heavy atom. The van der Waals surface area contributed by atoms with Crippen molar-refractivity contribution in [3.8, 4) is 5.75 Å². The summed E-state index contributed by atoms with van der Waals surface area (Å²) in [7, 11) is 1.68. The van der Waals surface area contributed by atoms with E-state index in [1.165, 1.54) is 18.4 Å². The number of nitrogens with zero attached hydrogens (tertiary/aromatic N) is 1. The van der Waals surface area contributed by atoms with Gasteiger partial charge in [-0.1, -0.05) is 12.8 Å². The summed E-state index contributed by atoms with van der Waals surface area (Å²) in [5.74, 6) is 1.69. The molecule has 1 heterocycles. The van der Waals surface area contributed by atoms with Gasteiger partial charge in [-0.3, -0.25) is 9.59 Å². The molecule has 3 unspecified atom stereocenters. The standard InChI is InChI=1S/C21H25NO3/c1-25-14-7-8-15-17(12-14)21-9-3-2-4-16(21)18(19(15)23)22(11-10-21)20(24)13-5-6-13/h7-8,12-13,16,18H,2-6,9-11H2,1H3. The molecule has 3 aliphatic carbocycles. The Morgan fingerprint density at radius 2 is 2.04 bits per heavy atom. The summed E-state index contributed by atoms with van der Waals surface area (Å²) in [6, 6.07) is 5.68. The molecular weight excluding hydrogens is 314 g/mol. The molecule has 1 amide bonds.